The van der Waals surface area contributed by atoms with Crippen molar-refractivity contribution in [1.82, 2.24) is 4.98 Å². The summed E-state index contributed by atoms with van der Waals surface area (Å²) in [6.45, 7) is 6.29. The molecule has 0 fully saturated rings. The number of para-hydroxylation sites is 1. The number of fused-ring (bicyclic) bond motifs is 14. The molecule has 0 aliphatic heterocycles. The molecule has 0 radical (unpaired) electrons. The molecule has 12 rings (SSSR count). The average Bonchev–Trinajstić information content (AvgIpc) is 3.92. The largest absolute Gasteiger partial charge is 0.456 e. The van der Waals surface area contributed by atoms with Gasteiger partial charge in [-0.1, -0.05) is 152 Å². The van der Waals surface area contributed by atoms with Crippen LogP contribution in [0.1, 0.15) is 40.3 Å². The van der Waals surface area contributed by atoms with E-state index in [0.717, 1.165) is 83.3 Å². The minimum absolute atomic E-state index is 0.460. The molecule has 0 amide bonds. The first kappa shape index (κ1) is 33.4. The van der Waals surface area contributed by atoms with Crippen LogP contribution in [0.4, 0.5) is 5.69 Å². The van der Waals surface area contributed by atoms with Crippen LogP contribution in [0.3, 0.4) is 0 Å². The number of aliphatic imine (C=N–C) groups is 1. The summed E-state index contributed by atoms with van der Waals surface area (Å²) in [5.74, 6) is 0. The Bertz CT molecular complexity index is 3360. The standard InChI is InChI=1S/C56H34N2O/c1-3-35-20-25-38-27-30-51(37-23-21-36(22-24-37)40-28-31-53-46(32-40)45-15-7-11-19-52(45)59-53)58-55(38)54(35)57-34(2)39-26-29-44-43-14-6-10-18-49(43)56(50(44)33-39)47-16-8-4-12-41(47)42-13-5-9-17-48(42)56/h3-4,6-12,14-33H,1H2,2H3. The zero-order valence-corrected chi connectivity index (χ0v) is 32.3. The molecule has 2 aliphatic carbocycles. The van der Waals surface area contributed by atoms with Gasteiger partial charge in [-0.2, -0.15) is 0 Å². The molecule has 8 aromatic carbocycles. The summed E-state index contributed by atoms with van der Waals surface area (Å²) in [5.41, 5.74) is 20.1. The summed E-state index contributed by atoms with van der Waals surface area (Å²) in [6, 6.07) is 67.2. The van der Waals surface area contributed by atoms with Gasteiger partial charge in [0.05, 0.1) is 22.3 Å². The van der Waals surface area contributed by atoms with Crippen LogP contribution in [-0.4, -0.2) is 10.7 Å². The molecule has 0 saturated carbocycles. The Hall–Kier alpha value is -7.80. The molecule has 3 heteroatoms. The van der Waals surface area contributed by atoms with E-state index in [2.05, 4.69) is 177 Å². The van der Waals surface area contributed by atoms with E-state index in [1.165, 1.54) is 38.9 Å². The Morgan fingerprint density at radius 1 is 0.627 bits per heavy atom. The Morgan fingerprint density at radius 2 is 1.34 bits per heavy atom. The normalized spacial score (nSPS) is 13.3. The molecule has 2 heterocycles. The third kappa shape index (κ3) is 4.78. The van der Waals surface area contributed by atoms with Crippen LogP contribution in [-0.2, 0) is 5.41 Å². The number of nitrogens with zero attached hydrogens (tertiary/aromatic N) is 2. The Kier molecular flexibility index (Phi) is 7.12. The van der Waals surface area contributed by atoms with Gasteiger partial charge in [-0.15, -0.1) is 0 Å². The first-order valence-electron chi connectivity index (χ1n) is 20.0. The molecule has 0 saturated heterocycles. The number of furan rings is 1. The zero-order chi connectivity index (χ0) is 39.2. The lowest BCUT2D eigenvalue weighted by molar-refractivity contribution is 0.669. The topological polar surface area (TPSA) is 38.4 Å². The van der Waals surface area contributed by atoms with Crippen LogP contribution >= 0.6 is 0 Å². The predicted octanol–water partition coefficient (Wildman–Crippen LogP) is 14.2. The molecule has 2 aliphatic rings. The first-order valence-corrected chi connectivity index (χ1v) is 20.0. The van der Waals surface area contributed by atoms with Crippen molar-refractivity contribution in [3.8, 4) is 44.6 Å². The molecule has 2 aromatic heterocycles. The number of rotatable bonds is 5. The fourth-order valence-corrected chi connectivity index (χ4v) is 9.78. The first-order chi connectivity index (χ1) is 29.1. The van der Waals surface area contributed by atoms with Gasteiger partial charge in [-0.05, 0) is 105 Å². The van der Waals surface area contributed by atoms with Crippen molar-refractivity contribution in [2.24, 2.45) is 4.99 Å². The van der Waals surface area contributed by atoms with Gasteiger partial charge in [0.1, 0.15) is 11.2 Å². The van der Waals surface area contributed by atoms with Gasteiger partial charge in [0, 0.05) is 38.6 Å². The highest BCUT2D eigenvalue weighted by Gasteiger charge is 2.51. The molecular weight excluding hydrogens is 717 g/mol. The second-order valence-electron chi connectivity index (χ2n) is 15.6. The SMILES string of the molecule is C=Cc1ccc2ccc(-c3ccc(-c4ccc5oc6ccccc6c5c4)cc3)nc2c1N=C(C)c1ccc2c(c1)C1(c3ccc#cc3-c3ccccc31)c1ccccc1-2. The monoisotopic (exact) mass is 750 g/mol. The average molecular weight is 751 g/mol. The molecule has 274 valence electrons. The summed E-state index contributed by atoms with van der Waals surface area (Å²) < 4.78 is 6.08. The second kappa shape index (κ2) is 12.6. The summed E-state index contributed by atoms with van der Waals surface area (Å²) in [5, 5.41) is 3.28. The molecule has 10 aromatic rings. The van der Waals surface area contributed by atoms with E-state index in [4.69, 9.17) is 14.4 Å². The molecule has 1 spiro atoms. The van der Waals surface area contributed by atoms with Gasteiger partial charge in [0.15, 0.2) is 0 Å². The van der Waals surface area contributed by atoms with Crippen molar-refractivity contribution in [3.05, 3.63) is 222 Å². The third-order valence-electron chi connectivity index (χ3n) is 12.5. The molecular formula is C56H34N2O. The smallest absolute Gasteiger partial charge is 0.135 e. The predicted molar refractivity (Wildman–Crippen MR) is 242 cm³/mol. The van der Waals surface area contributed by atoms with Crippen molar-refractivity contribution >= 4 is 50.3 Å². The summed E-state index contributed by atoms with van der Waals surface area (Å²) in [4.78, 5) is 10.7. The number of benzene rings is 7. The number of pyridine rings is 1. The van der Waals surface area contributed by atoms with E-state index < -0.39 is 5.41 Å². The van der Waals surface area contributed by atoms with Crippen LogP contribution in [0, 0.1) is 12.1 Å². The highest BCUT2D eigenvalue weighted by Crippen LogP contribution is 2.62. The molecule has 0 N–H and O–H groups in total. The molecule has 1 atom stereocenters. The summed E-state index contributed by atoms with van der Waals surface area (Å²) in [6.07, 6.45) is 1.88. The highest BCUT2D eigenvalue weighted by atomic mass is 16.3. The molecule has 1 unspecified atom stereocenters. The zero-order valence-electron chi connectivity index (χ0n) is 32.3. The Morgan fingerprint density at radius 3 is 2.20 bits per heavy atom. The summed E-state index contributed by atoms with van der Waals surface area (Å²) in [7, 11) is 0. The van der Waals surface area contributed by atoms with E-state index in [9.17, 15) is 0 Å². The van der Waals surface area contributed by atoms with E-state index in [0.29, 0.717) is 0 Å². The Labute approximate surface area is 342 Å². The van der Waals surface area contributed by atoms with Crippen LogP contribution in [0.2, 0.25) is 0 Å². The van der Waals surface area contributed by atoms with E-state index in [1.807, 2.05) is 24.3 Å². The quantitative estimate of drug-likeness (QED) is 0.164. The van der Waals surface area contributed by atoms with Crippen molar-refractivity contribution in [1.29, 1.82) is 0 Å². The van der Waals surface area contributed by atoms with Crippen molar-refractivity contribution < 1.29 is 4.42 Å². The van der Waals surface area contributed by atoms with Gasteiger partial charge in [-0.25, -0.2) is 4.98 Å². The van der Waals surface area contributed by atoms with Crippen molar-refractivity contribution in [3.63, 3.8) is 0 Å². The maximum atomic E-state index is 6.08. The third-order valence-corrected chi connectivity index (χ3v) is 12.5. The minimum atomic E-state index is -0.460. The van der Waals surface area contributed by atoms with Gasteiger partial charge in [-0.3, -0.25) is 4.99 Å². The van der Waals surface area contributed by atoms with E-state index in [-0.39, 0.29) is 0 Å². The van der Waals surface area contributed by atoms with Crippen molar-refractivity contribution in [2.45, 2.75) is 12.3 Å². The van der Waals surface area contributed by atoms with Crippen molar-refractivity contribution in [2.75, 3.05) is 0 Å². The van der Waals surface area contributed by atoms with Crippen LogP contribution in [0.25, 0.3) is 83.6 Å². The van der Waals surface area contributed by atoms with E-state index >= 15 is 0 Å². The summed E-state index contributed by atoms with van der Waals surface area (Å²) >= 11 is 0. The van der Waals surface area contributed by atoms with E-state index in [1.54, 1.807) is 0 Å². The molecule has 3 nitrogen and oxygen atoms in total. The minimum Gasteiger partial charge on any atom is -0.456 e. The van der Waals surface area contributed by atoms with Crippen LogP contribution in [0.5, 0.6) is 0 Å². The molecule has 0 bridgehead atoms. The van der Waals surface area contributed by atoms with Gasteiger partial charge >= 0.3 is 0 Å². The number of aromatic nitrogens is 1. The fraction of sp³-hybridized carbons (Fsp3) is 0.0357. The van der Waals surface area contributed by atoms with Crippen LogP contribution in [0.15, 0.2) is 186 Å². The number of hydrogen-bond acceptors (Lipinski definition) is 3. The maximum Gasteiger partial charge on any atom is 0.135 e. The van der Waals surface area contributed by atoms with Gasteiger partial charge < -0.3 is 4.42 Å². The highest BCUT2D eigenvalue weighted by molar-refractivity contribution is 6.07. The second-order valence-corrected chi connectivity index (χ2v) is 15.6. The maximum absolute atomic E-state index is 6.08. The number of hydrogen-bond donors (Lipinski definition) is 0. The van der Waals surface area contributed by atoms with Crippen LogP contribution < -0.4 is 0 Å². The lowest BCUT2D eigenvalue weighted by Crippen LogP contribution is -2.26. The lowest BCUT2D eigenvalue weighted by Gasteiger charge is -2.30. The fourth-order valence-electron chi connectivity index (χ4n) is 9.78. The van der Waals surface area contributed by atoms with Gasteiger partial charge in [0.2, 0.25) is 0 Å². The lowest BCUT2D eigenvalue weighted by atomic mass is 9.70. The molecule has 59 heavy (non-hydrogen) atoms. The van der Waals surface area contributed by atoms with Gasteiger partial charge in [0.25, 0.3) is 0 Å². The Balaban J connectivity index is 0.953.